The summed E-state index contributed by atoms with van der Waals surface area (Å²) in [6, 6.07) is 7.81. The second kappa shape index (κ2) is 6.37. The first kappa shape index (κ1) is 14.3. The first-order valence-electron chi connectivity index (χ1n) is 6.19. The van der Waals surface area contributed by atoms with Gasteiger partial charge in [0.15, 0.2) is 5.13 Å². The molecule has 3 nitrogen and oxygen atoms in total. The number of aliphatic hydroxyl groups is 1. The van der Waals surface area contributed by atoms with Gasteiger partial charge in [0.05, 0.1) is 17.2 Å². The second-order valence-electron chi connectivity index (χ2n) is 4.36. The number of aryl methyl sites for hydroxylation is 1. The van der Waals surface area contributed by atoms with Crippen molar-refractivity contribution in [2.24, 2.45) is 0 Å². The van der Waals surface area contributed by atoms with Gasteiger partial charge in [-0.1, -0.05) is 42.0 Å². The topological polar surface area (TPSA) is 36.4 Å². The van der Waals surface area contributed by atoms with Gasteiger partial charge in [0.25, 0.3) is 0 Å². The van der Waals surface area contributed by atoms with Crippen molar-refractivity contribution in [1.82, 2.24) is 4.98 Å². The van der Waals surface area contributed by atoms with E-state index in [0.717, 1.165) is 33.7 Å². The Labute approximate surface area is 122 Å². The number of benzene rings is 1. The Morgan fingerprint density at radius 2 is 2.00 bits per heavy atom. The summed E-state index contributed by atoms with van der Waals surface area (Å²) in [6.07, 6.45) is 0.848. The van der Waals surface area contributed by atoms with E-state index in [1.807, 2.05) is 31.3 Å². The number of thiazole rings is 1. The van der Waals surface area contributed by atoms with Crippen molar-refractivity contribution in [1.29, 1.82) is 0 Å². The van der Waals surface area contributed by atoms with Crippen molar-refractivity contribution in [2.45, 2.75) is 26.5 Å². The number of anilines is 1. The van der Waals surface area contributed by atoms with Crippen LogP contribution in [0.1, 0.15) is 23.1 Å². The maximum absolute atomic E-state index is 9.30. The molecule has 0 spiro atoms. The Balaban J connectivity index is 2.13. The van der Waals surface area contributed by atoms with Gasteiger partial charge in [0, 0.05) is 18.6 Å². The van der Waals surface area contributed by atoms with Gasteiger partial charge in [-0.3, -0.25) is 0 Å². The number of aromatic nitrogens is 1. The van der Waals surface area contributed by atoms with Crippen LogP contribution in [0, 0.1) is 0 Å². The lowest BCUT2D eigenvalue weighted by Crippen LogP contribution is -2.16. The van der Waals surface area contributed by atoms with Gasteiger partial charge in [-0.25, -0.2) is 4.98 Å². The predicted molar refractivity (Wildman–Crippen MR) is 81.0 cm³/mol. The molecule has 0 radical (unpaired) electrons. The van der Waals surface area contributed by atoms with E-state index in [1.54, 1.807) is 11.3 Å². The first-order valence-corrected chi connectivity index (χ1v) is 7.38. The third kappa shape index (κ3) is 3.47. The molecule has 0 amide bonds. The fraction of sp³-hybridized carbons (Fsp3) is 0.357. The highest BCUT2D eigenvalue weighted by Crippen LogP contribution is 2.27. The van der Waals surface area contributed by atoms with Crippen LogP contribution in [0.15, 0.2) is 24.3 Å². The van der Waals surface area contributed by atoms with Crippen LogP contribution in [0.4, 0.5) is 5.13 Å². The van der Waals surface area contributed by atoms with Gasteiger partial charge in [0.2, 0.25) is 0 Å². The highest BCUT2D eigenvalue weighted by atomic mass is 35.5. The van der Waals surface area contributed by atoms with Crippen LogP contribution in [-0.2, 0) is 19.6 Å². The molecule has 0 saturated heterocycles. The highest BCUT2D eigenvalue weighted by Gasteiger charge is 2.12. The summed E-state index contributed by atoms with van der Waals surface area (Å²) in [4.78, 5) is 7.62. The Bertz CT molecular complexity index is 517. The van der Waals surface area contributed by atoms with Crippen LogP contribution in [0.2, 0.25) is 5.02 Å². The average molecular weight is 297 g/mol. The molecule has 0 aliphatic rings. The predicted octanol–water partition coefficient (Wildman–Crippen LogP) is 3.49. The fourth-order valence-electron chi connectivity index (χ4n) is 1.86. The summed E-state index contributed by atoms with van der Waals surface area (Å²) in [5, 5.41) is 11.0. The van der Waals surface area contributed by atoms with Crippen molar-refractivity contribution >= 4 is 28.1 Å². The molecule has 0 aliphatic heterocycles. The lowest BCUT2D eigenvalue weighted by atomic mass is 10.2. The Hall–Kier alpha value is -1.10. The molecule has 0 aliphatic carbocycles. The number of hydrogen-bond acceptors (Lipinski definition) is 4. The second-order valence-corrected chi connectivity index (χ2v) is 5.86. The number of rotatable bonds is 5. The maximum Gasteiger partial charge on any atom is 0.185 e. The van der Waals surface area contributed by atoms with Gasteiger partial charge in [-0.2, -0.15) is 0 Å². The van der Waals surface area contributed by atoms with Crippen molar-refractivity contribution in [2.75, 3.05) is 11.9 Å². The van der Waals surface area contributed by atoms with Gasteiger partial charge < -0.3 is 10.0 Å². The van der Waals surface area contributed by atoms with E-state index in [4.69, 9.17) is 11.6 Å². The summed E-state index contributed by atoms with van der Waals surface area (Å²) in [6.45, 7) is 2.89. The van der Waals surface area contributed by atoms with Crippen LogP contribution in [0.3, 0.4) is 0 Å². The lowest BCUT2D eigenvalue weighted by molar-refractivity contribution is 0.284. The minimum atomic E-state index is 0.0651. The van der Waals surface area contributed by atoms with Gasteiger partial charge in [-0.05, 0) is 24.1 Å². The minimum absolute atomic E-state index is 0.0651. The van der Waals surface area contributed by atoms with Crippen molar-refractivity contribution in [3.8, 4) is 0 Å². The SMILES string of the molecule is CCc1nc(N(C)Cc2ccc(Cl)cc2)sc1CO. The van der Waals surface area contributed by atoms with Crippen molar-refractivity contribution in [3.63, 3.8) is 0 Å². The van der Waals surface area contributed by atoms with E-state index in [0.29, 0.717) is 0 Å². The van der Waals surface area contributed by atoms with Crippen LogP contribution >= 0.6 is 22.9 Å². The maximum atomic E-state index is 9.30. The fourth-order valence-corrected chi connectivity index (χ4v) is 2.96. The minimum Gasteiger partial charge on any atom is -0.391 e. The molecule has 102 valence electrons. The molecule has 2 aromatic rings. The van der Waals surface area contributed by atoms with Crippen LogP contribution in [0.25, 0.3) is 0 Å². The summed E-state index contributed by atoms with van der Waals surface area (Å²) >= 11 is 7.43. The van der Waals surface area contributed by atoms with Crippen LogP contribution in [0.5, 0.6) is 0 Å². The number of hydrogen-bond donors (Lipinski definition) is 1. The molecule has 1 N–H and O–H groups in total. The third-order valence-corrected chi connectivity index (χ3v) is 4.35. The average Bonchev–Trinajstić information content (AvgIpc) is 2.84. The summed E-state index contributed by atoms with van der Waals surface area (Å²) < 4.78 is 0. The van der Waals surface area contributed by atoms with Gasteiger partial charge >= 0.3 is 0 Å². The molecular weight excluding hydrogens is 280 g/mol. The van der Waals surface area contributed by atoms with E-state index < -0.39 is 0 Å². The molecule has 2 rings (SSSR count). The largest absolute Gasteiger partial charge is 0.391 e. The standard InChI is InChI=1S/C14H17ClN2OS/c1-3-12-13(9-18)19-14(16-12)17(2)8-10-4-6-11(15)7-5-10/h4-7,18H,3,8-9H2,1-2H3. The number of aliphatic hydroxyl groups excluding tert-OH is 1. The monoisotopic (exact) mass is 296 g/mol. The zero-order valence-corrected chi connectivity index (χ0v) is 12.6. The van der Waals surface area contributed by atoms with Crippen LogP contribution < -0.4 is 4.90 Å². The Morgan fingerprint density at radius 3 is 2.53 bits per heavy atom. The lowest BCUT2D eigenvalue weighted by Gasteiger charge is -2.15. The molecule has 19 heavy (non-hydrogen) atoms. The van der Waals surface area contributed by atoms with E-state index in [2.05, 4.69) is 16.8 Å². The zero-order chi connectivity index (χ0) is 13.8. The Kier molecular flexibility index (Phi) is 4.80. The zero-order valence-electron chi connectivity index (χ0n) is 11.1. The molecule has 5 heteroatoms. The summed E-state index contributed by atoms with van der Waals surface area (Å²) in [5.41, 5.74) is 2.18. The van der Waals surface area contributed by atoms with E-state index in [1.165, 1.54) is 5.56 Å². The number of halogens is 1. The summed E-state index contributed by atoms with van der Waals surface area (Å²) in [5.74, 6) is 0. The molecule has 1 aromatic carbocycles. The molecule has 0 fully saturated rings. The molecule has 1 aromatic heterocycles. The van der Waals surface area contributed by atoms with Crippen LogP contribution in [-0.4, -0.2) is 17.1 Å². The Morgan fingerprint density at radius 1 is 1.32 bits per heavy atom. The molecule has 0 bridgehead atoms. The van der Waals surface area contributed by atoms with E-state index >= 15 is 0 Å². The molecular formula is C14H17ClN2OS. The van der Waals surface area contributed by atoms with Crippen molar-refractivity contribution < 1.29 is 5.11 Å². The van der Waals surface area contributed by atoms with Gasteiger partial charge in [-0.15, -0.1) is 0 Å². The normalized spacial score (nSPS) is 10.7. The van der Waals surface area contributed by atoms with E-state index in [-0.39, 0.29) is 6.61 Å². The summed E-state index contributed by atoms with van der Waals surface area (Å²) in [7, 11) is 2.01. The van der Waals surface area contributed by atoms with E-state index in [9.17, 15) is 5.11 Å². The number of nitrogens with zero attached hydrogens (tertiary/aromatic N) is 2. The quantitative estimate of drug-likeness (QED) is 0.917. The van der Waals surface area contributed by atoms with Crippen molar-refractivity contribution in [3.05, 3.63) is 45.4 Å². The smallest absolute Gasteiger partial charge is 0.185 e. The third-order valence-electron chi connectivity index (χ3n) is 2.91. The molecule has 0 atom stereocenters. The van der Waals surface area contributed by atoms with Gasteiger partial charge in [0.1, 0.15) is 0 Å². The molecule has 1 heterocycles. The molecule has 0 saturated carbocycles. The first-order chi connectivity index (χ1) is 9.13. The highest BCUT2D eigenvalue weighted by molar-refractivity contribution is 7.15. The molecule has 0 unspecified atom stereocenters.